The topological polar surface area (TPSA) is 118 Å². The van der Waals surface area contributed by atoms with Gasteiger partial charge < -0.3 is 21.9 Å². The molecule has 1 unspecified atom stereocenters. The Morgan fingerprint density at radius 3 is 2.39 bits per heavy atom. The van der Waals surface area contributed by atoms with Gasteiger partial charge in [-0.15, -0.1) is 0 Å². The minimum atomic E-state index is -1.09. The fourth-order valence-electron chi connectivity index (χ4n) is 1.60. The number of carbonyl (C=O) groups excluding carboxylic acids is 1. The molecular formula is C12H17N3O3. The normalized spacial score (nSPS) is 12.2. The van der Waals surface area contributed by atoms with E-state index in [4.69, 9.17) is 16.6 Å². The van der Waals surface area contributed by atoms with Crippen LogP contribution in [0, 0.1) is 5.92 Å². The summed E-state index contributed by atoms with van der Waals surface area (Å²) >= 11 is 0. The number of amides is 1. The van der Waals surface area contributed by atoms with Crippen molar-refractivity contribution >= 4 is 23.3 Å². The lowest BCUT2D eigenvalue weighted by molar-refractivity contribution is -0.119. The molecular weight excluding hydrogens is 234 g/mol. The standard InChI is InChI=1S/C12H17N3O3/c1-6(2)10(11(14)16)15-9-5-7(13)3-4-8(9)12(17)18/h3-6,10,15H,13H2,1-2H3,(H2,14,16)(H,17,18). The van der Waals surface area contributed by atoms with Crippen molar-refractivity contribution < 1.29 is 14.7 Å². The molecule has 1 rings (SSSR count). The van der Waals surface area contributed by atoms with Crippen LogP contribution < -0.4 is 16.8 Å². The lowest BCUT2D eigenvalue weighted by atomic mass is 10.0. The number of hydrogen-bond acceptors (Lipinski definition) is 4. The number of carboxylic acid groups (broad SMARTS) is 1. The first-order valence-corrected chi connectivity index (χ1v) is 5.51. The summed E-state index contributed by atoms with van der Waals surface area (Å²) < 4.78 is 0. The molecule has 1 aromatic rings. The van der Waals surface area contributed by atoms with Crippen LogP contribution in [0.3, 0.4) is 0 Å². The number of nitrogen functional groups attached to an aromatic ring is 1. The van der Waals surface area contributed by atoms with E-state index >= 15 is 0 Å². The molecule has 0 aliphatic rings. The smallest absolute Gasteiger partial charge is 0.337 e. The molecule has 0 aliphatic carbocycles. The minimum Gasteiger partial charge on any atom is -0.478 e. The van der Waals surface area contributed by atoms with Gasteiger partial charge in [0.15, 0.2) is 0 Å². The zero-order valence-corrected chi connectivity index (χ0v) is 10.3. The number of benzene rings is 1. The number of carboxylic acids is 1. The Kier molecular flexibility index (Phi) is 4.14. The van der Waals surface area contributed by atoms with E-state index in [-0.39, 0.29) is 11.5 Å². The molecule has 0 bridgehead atoms. The van der Waals surface area contributed by atoms with Gasteiger partial charge in [-0.1, -0.05) is 13.8 Å². The van der Waals surface area contributed by atoms with E-state index in [2.05, 4.69) is 5.32 Å². The van der Waals surface area contributed by atoms with E-state index in [1.165, 1.54) is 18.2 Å². The lowest BCUT2D eigenvalue weighted by Gasteiger charge is -2.21. The summed E-state index contributed by atoms with van der Waals surface area (Å²) in [5, 5.41) is 11.9. The third kappa shape index (κ3) is 3.13. The van der Waals surface area contributed by atoms with Gasteiger partial charge in [0.05, 0.1) is 11.3 Å². The van der Waals surface area contributed by atoms with E-state index in [0.29, 0.717) is 11.4 Å². The second-order valence-electron chi connectivity index (χ2n) is 4.38. The molecule has 0 heterocycles. The van der Waals surface area contributed by atoms with Crippen LogP contribution in [-0.4, -0.2) is 23.0 Å². The van der Waals surface area contributed by atoms with Crippen molar-refractivity contribution in [2.45, 2.75) is 19.9 Å². The van der Waals surface area contributed by atoms with Crippen molar-refractivity contribution in [2.75, 3.05) is 11.1 Å². The van der Waals surface area contributed by atoms with E-state index in [1.807, 2.05) is 13.8 Å². The van der Waals surface area contributed by atoms with Crippen molar-refractivity contribution in [3.8, 4) is 0 Å². The van der Waals surface area contributed by atoms with Gasteiger partial charge in [-0.25, -0.2) is 4.79 Å². The summed E-state index contributed by atoms with van der Waals surface area (Å²) in [7, 11) is 0. The molecule has 6 heteroatoms. The van der Waals surface area contributed by atoms with E-state index < -0.39 is 17.9 Å². The Balaban J connectivity index is 3.12. The minimum absolute atomic E-state index is 0.0519. The number of anilines is 2. The van der Waals surface area contributed by atoms with Gasteiger partial charge in [0, 0.05) is 5.69 Å². The van der Waals surface area contributed by atoms with Gasteiger partial charge in [-0.2, -0.15) is 0 Å². The molecule has 0 aromatic heterocycles. The van der Waals surface area contributed by atoms with Crippen LogP contribution in [0.25, 0.3) is 0 Å². The maximum Gasteiger partial charge on any atom is 0.337 e. The monoisotopic (exact) mass is 251 g/mol. The Hall–Kier alpha value is -2.24. The number of hydrogen-bond donors (Lipinski definition) is 4. The lowest BCUT2D eigenvalue weighted by Crippen LogP contribution is -2.39. The highest BCUT2D eigenvalue weighted by atomic mass is 16.4. The van der Waals surface area contributed by atoms with Crippen LogP contribution in [0.1, 0.15) is 24.2 Å². The predicted molar refractivity (Wildman–Crippen MR) is 69.3 cm³/mol. The highest BCUT2D eigenvalue weighted by Gasteiger charge is 2.21. The molecule has 0 radical (unpaired) electrons. The van der Waals surface area contributed by atoms with E-state index in [0.717, 1.165) is 0 Å². The van der Waals surface area contributed by atoms with Gasteiger partial charge in [-0.05, 0) is 24.1 Å². The molecule has 1 aromatic carbocycles. The van der Waals surface area contributed by atoms with Crippen LogP contribution in [0.4, 0.5) is 11.4 Å². The summed E-state index contributed by atoms with van der Waals surface area (Å²) in [6.07, 6.45) is 0. The van der Waals surface area contributed by atoms with Gasteiger partial charge in [0.25, 0.3) is 0 Å². The fourth-order valence-corrected chi connectivity index (χ4v) is 1.60. The zero-order valence-electron chi connectivity index (χ0n) is 10.3. The number of aromatic carboxylic acids is 1. The van der Waals surface area contributed by atoms with E-state index in [9.17, 15) is 9.59 Å². The van der Waals surface area contributed by atoms with Crippen LogP contribution >= 0.6 is 0 Å². The maximum atomic E-state index is 11.3. The quantitative estimate of drug-likeness (QED) is 0.579. The molecule has 0 spiro atoms. The first kappa shape index (κ1) is 13.8. The summed E-state index contributed by atoms with van der Waals surface area (Å²) in [6.45, 7) is 3.63. The van der Waals surface area contributed by atoms with Gasteiger partial charge in [0.1, 0.15) is 6.04 Å². The largest absolute Gasteiger partial charge is 0.478 e. The van der Waals surface area contributed by atoms with Gasteiger partial charge >= 0.3 is 5.97 Å². The third-order valence-corrected chi connectivity index (χ3v) is 2.56. The van der Waals surface area contributed by atoms with Crippen molar-refractivity contribution in [2.24, 2.45) is 11.7 Å². The molecule has 18 heavy (non-hydrogen) atoms. The second kappa shape index (κ2) is 5.39. The van der Waals surface area contributed by atoms with Crippen LogP contribution in [0.15, 0.2) is 18.2 Å². The number of nitrogens with one attached hydrogen (secondary N) is 1. The van der Waals surface area contributed by atoms with Crippen LogP contribution in [0.5, 0.6) is 0 Å². The summed E-state index contributed by atoms with van der Waals surface area (Å²) in [5.41, 5.74) is 11.6. The average molecular weight is 251 g/mol. The van der Waals surface area contributed by atoms with E-state index in [1.54, 1.807) is 0 Å². The summed E-state index contributed by atoms with van der Waals surface area (Å²) in [6, 6.07) is 3.70. The molecule has 1 amide bonds. The molecule has 6 nitrogen and oxygen atoms in total. The predicted octanol–water partition coefficient (Wildman–Crippen LogP) is 0.889. The highest BCUT2D eigenvalue weighted by molar-refractivity contribution is 5.96. The van der Waals surface area contributed by atoms with Crippen molar-refractivity contribution in [1.82, 2.24) is 0 Å². The van der Waals surface area contributed by atoms with Crippen LogP contribution in [0.2, 0.25) is 0 Å². The Labute approximate surface area is 105 Å². The molecule has 0 saturated carbocycles. The van der Waals surface area contributed by atoms with Crippen molar-refractivity contribution in [3.63, 3.8) is 0 Å². The number of carbonyl (C=O) groups is 2. The molecule has 0 saturated heterocycles. The number of rotatable bonds is 5. The fraction of sp³-hybridized carbons (Fsp3) is 0.333. The zero-order chi connectivity index (χ0) is 13.9. The second-order valence-corrected chi connectivity index (χ2v) is 4.38. The van der Waals surface area contributed by atoms with Gasteiger partial charge in [0.2, 0.25) is 5.91 Å². The maximum absolute atomic E-state index is 11.3. The third-order valence-electron chi connectivity index (χ3n) is 2.56. The SMILES string of the molecule is CC(C)C(Nc1cc(N)ccc1C(=O)O)C(N)=O. The first-order chi connectivity index (χ1) is 8.32. The summed E-state index contributed by atoms with van der Waals surface area (Å²) in [4.78, 5) is 22.3. The first-order valence-electron chi connectivity index (χ1n) is 5.51. The Morgan fingerprint density at radius 1 is 1.33 bits per heavy atom. The van der Waals surface area contributed by atoms with Crippen molar-refractivity contribution in [1.29, 1.82) is 0 Å². The van der Waals surface area contributed by atoms with Gasteiger partial charge in [-0.3, -0.25) is 4.79 Å². The molecule has 98 valence electrons. The van der Waals surface area contributed by atoms with Crippen molar-refractivity contribution in [3.05, 3.63) is 23.8 Å². The van der Waals surface area contributed by atoms with Crippen LogP contribution in [-0.2, 0) is 4.79 Å². The number of nitrogens with two attached hydrogens (primary N) is 2. The Bertz CT molecular complexity index is 472. The average Bonchev–Trinajstić information content (AvgIpc) is 2.24. The molecule has 6 N–H and O–H groups in total. The molecule has 1 atom stereocenters. The summed E-state index contributed by atoms with van der Waals surface area (Å²) in [5.74, 6) is -1.70. The number of primary amides is 1. The molecule has 0 fully saturated rings. The Morgan fingerprint density at radius 2 is 1.94 bits per heavy atom. The highest BCUT2D eigenvalue weighted by Crippen LogP contribution is 2.21. The molecule has 0 aliphatic heterocycles.